The van der Waals surface area contributed by atoms with Crippen LogP contribution in [0.3, 0.4) is 0 Å². The summed E-state index contributed by atoms with van der Waals surface area (Å²) in [5.74, 6) is -0.916. The number of likely N-dealkylation sites (tertiary alicyclic amines) is 2. The third kappa shape index (κ3) is 3.60. The molecule has 1 aromatic rings. The van der Waals surface area contributed by atoms with Gasteiger partial charge in [-0.05, 0) is 44.5 Å². The fourth-order valence-electron chi connectivity index (χ4n) is 3.41. The highest BCUT2D eigenvalue weighted by Crippen LogP contribution is 2.21. The molecule has 1 aromatic heterocycles. The summed E-state index contributed by atoms with van der Waals surface area (Å²) in [6.07, 6.45) is 6.76. The van der Waals surface area contributed by atoms with Crippen molar-refractivity contribution in [2.75, 3.05) is 26.2 Å². The van der Waals surface area contributed by atoms with Gasteiger partial charge in [0, 0.05) is 31.9 Å². The van der Waals surface area contributed by atoms with Crippen LogP contribution in [0.25, 0.3) is 0 Å². The molecule has 0 saturated carbocycles. The van der Waals surface area contributed by atoms with E-state index in [-0.39, 0.29) is 5.56 Å². The molecule has 2 saturated heterocycles. The van der Waals surface area contributed by atoms with Gasteiger partial charge in [-0.25, -0.2) is 4.79 Å². The minimum Gasteiger partial charge on any atom is -0.478 e. The Morgan fingerprint density at radius 1 is 1.24 bits per heavy atom. The molecule has 0 aliphatic carbocycles. The maximum Gasteiger partial charge on any atom is 0.337 e. The van der Waals surface area contributed by atoms with E-state index in [4.69, 9.17) is 5.11 Å². The summed E-state index contributed by atoms with van der Waals surface area (Å²) in [5.41, 5.74) is 1.21. The van der Waals surface area contributed by atoms with Crippen LogP contribution in [0.1, 0.15) is 41.7 Å². The van der Waals surface area contributed by atoms with Crippen LogP contribution in [0.5, 0.6) is 0 Å². The molecule has 0 bridgehead atoms. The van der Waals surface area contributed by atoms with E-state index in [0.29, 0.717) is 6.04 Å². The standard InChI is InChI=1S/C16H23N3O2/c20-16(21)13-4-5-14(17-10-13)11-18-9-6-15(12-18)19-7-2-1-3-8-19/h4-5,10,15H,1-3,6-9,11-12H2,(H,20,21). The third-order valence-electron chi connectivity index (χ3n) is 4.61. The molecule has 1 unspecified atom stereocenters. The van der Waals surface area contributed by atoms with Crippen LogP contribution in [0.2, 0.25) is 0 Å². The lowest BCUT2D eigenvalue weighted by Crippen LogP contribution is -2.40. The molecule has 0 radical (unpaired) electrons. The number of rotatable bonds is 4. The SMILES string of the molecule is O=C(O)c1ccc(CN2CCC(N3CCCCC3)C2)nc1. The van der Waals surface area contributed by atoms with Gasteiger partial charge in [-0.15, -0.1) is 0 Å². The van der Waals surface area contributed by atoms with Crippen molar-refractivity contribution in [3.8, 4) is 0 Å². The van der Waals surface area contributed by atoms with Gasteiger partial charge in [-0.3, -0.25) is 14.8 Å². The van der Waals surface area contributed by atoms with E-state index < -0.39 is 5.97 Å². The Labute approximate surface area is 125 Å². The van der Waals surface area contributed by atoms with Gasteiger partial charge in [-0.2, -0.15) is 0 Å². The molecule has 5 heteroatoms. The average Bonchev–Trinajstić information content (AvgIpc) is 2.97. The molecular weight excluding hydrogens is 266 g/mol. The number of hydrogen-bond acceptors (Lipinski definition) is 4. The molecule has 2 aliphatic heterocycles. The van der Waals surface area contributed by atoms with Gasteiger partial charge < -0.3 is 5.11 Å². The quantitative estimate of drug-likeness (QED) is 0.916. The zero-order valence-corrected chi connectivity index (χ0v) is 12.4. The smallest absolute Gasteiger partial charge is 0.337 e. The number of carbonyl (C=O) groups is 1. The van der Waals surface area contributed by atoms with E-state index in [9.17, 15) is 4.79 Å². The second kappa shape index (κ2) is 6.54. The van der Waals surface area contributed by atoms with Gasteiger partial charge in [0.05, 0.1) is 11.3 Å². The van der Waals surface area contributed by atoms with Crippen molar-refractivity contribution in [3.63, 3.8) is 0 Å². The molecule has 0 spiro atoms. The van der Waals surface area contributed by atoms with Crippen molar-refractivity contribution in [2.45, 2.75) is 38.3 Å². The molecule has 3 heterocycles. The largest absolute Gasteiger partial charge is 0.478 e. The summed E-state index contributed by atoms with van der Waals surface area (Å²) in [6, 6.07) is 4.17. The molecule has 1 atom stereocenters. The molecule has 1 N–H and O–H groups in total. The zero-order valence-electron chi connectivity index (χ0n) is 12.4. The minimum atomic E-state index is -0.916. The van der Waals surface area contributed by atoms with Gasteiger partial charge in [0.2, 0.25) is 0 Å². The molecule has 2 fully saturated rings. The van der Waals surface area contributed by atoms with E-state index in [1.54, 1.807) is 6.07 Å². The Balaban J connectivity index is 1.53. The number of aromatic nitrogens is 1. The van der Waals surface area contributed by atoms with Crippen molar-refractivity contribution >= 4 is 5.97 Å². The topological polar surface area (TPSA) is 56.7 Å². The Morgan fingerprint density at radius 2 is 2.05 bits per heavy atom. The predicted octanol–water partition coefficient (Wildman–Crippen LogP) is 1.84. The van der Waals surface area contributed by atoms with E-state index in [1.165, 1.54) is 45.0 Å². The Bertz CT molecular complexity index is 483. The highest BCUT2D eigenvalue weighted by atomic mass is 16.4. The average molecular weight is 289 g/mol. The number of hydrogen-bond donors (Lipinski definition) is 1. The third-order valence-corrected chi connectivity index (χ3v) is 4.61. The van der Waals surface area contributed by atoms with Gasteiger partial charge in [-0.1, -0.05) is 6.42 Å². The summed E-state index contributed by atoms with van der Waals surface area (Å²) in [4.78, 5) is 20.2. The summed E-state index contributed by atoms with van der Waals surface area (Å²) in [7, 11) is 0. The van der Waals surface area contributed by atoms with Crippen LogP contribution in [-0.4, -0.2) is 58.1 Å². The van der Waals surface area contributed by atoms with Crippen molar-refractivity contribution in [2.24, 2.45) is 0 Å². The molecule has 2 aliphatic rings. The lowest BCUT2D eigenvalue weighted by Gasteiger charge is -2.32. The monoisotopic (exact) mass is 289 g/mol. The van der Waals surface area contributed by atoms with E-state index >= 15 is 0 Å². The molecule has 0 amide bonds. The number of pyridine rings is 1. The second-order valence-electron chi connectivity index (χ2n) is 6.12. The Kier molecular flexibility index (Phi) is 4.51. The second-order valence-corrected chi connectivity index (χ2v) is 6.12. The minimum absolute atomic E-state index is 0.256. The van der Waals surface area contributed by atoms with Crippen LogP contribution in [0.15, 0.2) is 18.3 Å². The first-order valence-electron chi connectivity index (χ1n) is 7.87. The molecular formula is C16H23N3O2. The first kappa shape index (κ1) is 14.5. The lowest BCUT2D eigenvalue weighted by molar-refractivity contribution is 0.0696. The lowest BCUT2D eigenvalue weighted by atomic mass is 10.1. The first-order valence-corrected chi connectivity index (χ1v) is 7.87. The van der Waals surface area contributed by atoms with E-state index in [0.717, 1.165) is 25.3 Å². The number of piperidine rings is 1. The van der Waals surface area contributed by atoms with Gasteiger partial charge in [0.1, 0.15) is 0 Å². The number of nitrogens with zero attached hydrogens (tertiary/aromatic N) is 3. The highest BCUT2D eigenvalue weighted by molar-refractivity contribution is 5.87. The molecule has 0 aromatic carbocycles. The van der Waals surface area contributed by atoms with E-state index in [2.05, 4.69) is 14.8 Å². The predicted molar refractivity (Wildman–Crippen MR) is 80.3 cm³/mol. The molecule has 5 nitrogen and oxygen atoms in total. The summed E-state index contributed by atoms with van der Waals surface area (Å²) < 4.78 is 0. The summed E-state index contributed by atoms with van der Waals surface area (Å²) in [6.45, 7) is 5.56. The normalized spacial score (nSPS) is 24.3. The van der Waals surface area contributed by atoms with Crippen LogP contribution in [0.4, 0.5) is 0 Å². The number of carboxylic acids is 1. The van der Waals surface area contributed by atoms with Crippen molar-refractivity contribution in [1.82, 2.24) is 14.8 Å². The summed E-state index contributed by atoms with van der Waals surface area (Å²) >= 11 is 0. The maximum atomic E-state index is 10.8. The number of aromatic carboxylic acids is 1. The van der Waals surface area contributed by atoms with Crippen LogP contribution >= 0.6 is 0 Å². The van der Waals surface area contributed by atoms with Crippen LogP contribution in [0, 0.1) is 0 Å². The van der Waals surface area contributed by atoms with Gasteiger partial charge >= 0.3 is 5.97 Å². The van der Waals surface area contributed by atoms with E-state index in [1.807, 2.05) is 6.07 Å². The maximum absolute atomic E-state index is 10.8. The Hall–Kier alpha value is -1.46. The first-order chi connectivity index (χ1) is 10.2. The highest BCUT2D eigenvalue weighted by Gasteiger charge is 2.28. The Morgan fingerprint density at radius 3 is 2.71 bits per heavy atom. The fraction of sp³-hybridized carbons (Fsp3) is 0.625. The molecule has 3 rings (SSSR count). The summed E-state index contributed by atoms with van der Waals surface area (Å²) in [5, 5.41) is 8.88. The number of carboxylic acid groups (broad SMARTS) is 1. The van der Waals surface area contributed by atoms with Gasteiger partial charge in [0.15, 0.2) is 0 Å². The zero-order chi connectivity index (χ0) is 14.7. The van der Waals surface area contributed by atoms with Crippen LogP contribution < -0.4 is 0 Å². The van der Waals surface area contributed by atoms with Gasteiger partial charge in [0.25, 0.3) is 0 Å². The van der Waals surface area contributed by atoms with Crippen molar-refractivity contribution < 1.29 is 9.90 Å². The fourth-order valence-corrected chi connectivity index (χ4v) is 3.41. The van der Waals surface area contributed by atoms with Crippen LogP contribution in [-0.2, 0) is 6.54 Å². The van der Waals surface area contributed by atoms with Crippen molar-refractivity contribution in [3.05, 3.63) is 29.6 Å². The molecule has 21 heavy (non-hydrogen) atoms. The molecule has 114 valence electrons. The van der Waals surface area contributed by atoms with Crippen molar-refractivity contribution in [1.29, 1.82) is 0 Å².